The molecule has 0 amide bonds. The molecule has 2 fully saturated rings. The lowest BCUT2D eigenvalue weighted by Gasteiger charge is -2.20. The van der Waals surface area contributed by atoms with Gasteiger partial charge in [0.25, 0.3) is 0 Å². The Morgan fingerprint density at radius 1 is 1.14 bits per heavy atom. The van der Waals surface area contributed by atoms with Gasteiger partial charge in [0.05, 0.1) is 18.1 Å². The van der Waals surface area contributed by atoms with E-state index in [1.165, 1.54) is 5.57 Å². The van der Waals surface area contributed by atoms with E-state index in [1.54, 1.807) is 0 Å². The number of carbonyl (C=O) groups excluding carboxylic acids is 1. The summed E-state index contributed by atoms with van der Waals surface area (Å²) in [5.41, 5.74) is 1.35. The summed E-state index contributed by atoms with van der Waals surface area (Å²) in [6.45, 7) is 4.26. The molecular formula is C19H28O3. The molecule has 122 valence electrons. The maximum atomic E-state index is 12.1. The van der Waals surface area contributed by atoms with Gasteiger partial charge in [0.15, 0.2) is 0 Å². The van der Waals surface area contributed by atoms with Crippen LogP contribution >= 0.6 is 0 Å². The summed E-state index contributed by atoms with van der Waals surface area (Å²) in [6, 6.07) is 0. The highest BCUT2D eigenvalue weighted by Gasteiger charge is 2.48. The minimum atomic E-state index is 0.00785. The van der Waals surface area contributed by atoms with E-state index in [0.29, 0.717) is 18.1 Å². The quantitative estimate of drug-likeness (QED) is 0.414. The number of fused-ring (bicyclic) bond motifs is 2. The number of hydrogen-bond acceptors (Lipinski definition) is 3. The topological polar surface area (TPSA) is 38.8 Å². The van der Waals surface area contributed by atoms with Crippen LogP contribution in [0.1, 0.15) is 58.8 Å². The lowest BCUT2D eigenvalue weighted by molar-refractivity contribution is -0.144. The van der Waals surface area contributed by atoms with Gasteiger partial charge >= 0.3 is 5.97 Å². The highest BCUT2D eigenvalue weighted by atomic mass is 16.6. The lowest BCUT2D eigenvalue weighted by Crippen LogP contribution is -2.23. The van der Waals surface area contributed by atoms with Crippen molar-refractivity contribution in [3.63, 3.8) is 0 Å². The SMILES string of the molecule is CCC1C(=O)O[C@H]2C/C(C)=C/CC/C=C/CC[C@H]3O[C@@H]3C[C@@H]12. The van der Waals surface area contributed by atoms with Crippen molar-refractivity contribution < 1.29 is 14.3 Å². The highest BCUT2D eigenvalue weighted by molar-refractivity contribution is 5.75. The zero-order valence-electron chi connectivity index (χ0n) is 13.8. The summed E-state index contributed by atoms with van der Waals surface area (Å²) >= 11 is 0. The van der Waals surface area contributed by atoms with Crippen LogP contribution in [-0.2, 0) is 14.3 Å². The maximum Gasteiger partial charge on any atom is 0.309 e. The van der Waals surface area contributed by atoms with Crippen LogP contribution in [0, 0.1) is 11.8 Å². The summed E-state index contributed by atoms with van der Waals surface area (Å²) in [4.78, 5) is 12.1. The van der Waals surface area contributed by atoms with Gasteiger partial charge < -0.3 is 9.47 Å². The fraction of sp³-hybridized carbons (Fsp3) is 0.737. The van der Waals surface area contributed by atoms with Gasteiger partial charge in [-0.25, -0.2) is 0 Å². The third-order valence-corrected chi connectivity index (χ3v) is 5.33. The third kappa shape index (κ3) is 3.62. The van der Waals surface area contributed by atoms with Crippen LogP contribution in [0.2, 0.25) is 0 Å². The Morgan fingerprint density at radius 3 is 2.77 bits per heavy atom. The Morgan fingerprint density at radius 2 is 1.95 bits per heavy atom. The van der Waals surface area contributed by atoms with Crippen LogP contribution < -0.4 is 0 Å². The summed E-state index contributed by atoms with van der Waals surface area (Å²) in [5.74, 6) is 0.401. The third-order valence-electron chi connectivity index (χ3n) is 5.33. The zero-order chi connectivity index (χ0) is 15.5. The minimum Gasteiger partial charge on any atom is -0.461 e. The average molecular weight is 304 g/mol. The molecule has 0 N–H and O–H groups in total. The van der Waals surface area contributed by atoms with Crippen LogP contribution in [0.25, 0.3) is 0 Å². The second-order valence-corrected chi connectivity index (χ2v) is 6.98. The van der Waals surface area contributed by atoms with Gasteiger partial charge in [-0.3, -0.25) is 4.79 Å². The Labute approximate surface area is 133 Å². The van der Waals surface area contributed by atoms with Crippen molar-refractivity contribution >= 4 is 5.97 Å². The van der Waals surface area contributed by atoms with Crippen molar-refractivity contribution in [1.82, 2.24) is 0 Å². The molecule has 0 aromatic carbocycles. The minimum absolute atomic E-state index is 0.00785. The molecule has 0 aromatic heterocycles. The number of hydrogen-bond donors (Lipinski definition) is 0. The fourth-order valence-electron chi connectivity index (χ4n) is 3.97. The molecular weight excluding hydrogens is 276 g/mol. The van der Waals surface area contributed by atoms with Gasteiger partial charge in [-0.1, -0.05) is 30.7 Å². The molecule has 2 heterocycles. The van der Waals surface area contributed by atoms with Crippen LogP contribution in [-0.4, -0.2) is 24.3 Å². The maximum absolute atomic E-state index is 12.1. The Balaban J connectivity index is 1.73. The van der Waals surface area contributed by atoms with Crippen LogP contribution in [0.5, 0.6) is 0 Å². The van der Waals surface area contributed by atoms with Gasteiger partial charge in [0.1, 0.15) is 6.10 Å². The van der Waals surface area contributed by atoms with E-state index in [1.807, 2.05) is 0 Å². The Kier molecular flexibility index (Phi) is 5.02. The van der Waals surface area contributed by atoms with E-state index in [9.17, 15) is 4.79 Å². The second kappa shape index (κ2) is 6.99. The molecule has 0 radical (unpaired) electrons. The van der Waals surface area contributed by atoms with E-state index in [-0.39, 0.29) is 18.0 Å². The van der Waals surface area contributed by atoms with Crippen LogP contribution in [0.3, 0.4) is 0 Å². The first kappa shape index (κ1) is 15.8. The molecule has 0 bridgehead atoms. The van der Waals surface area contributed by atoms with E-state index < -0.39 is 0 Å². The predicted molar refractivity (Wildman–Crippen MR) is 86.4 cm³/mol. The standard InChI is InChI=1S/C19H28O3/c1-3-14-15-12-18-16(21-18)10-8-6-4-5-7-9-13(2)11-17(15)22-19(14)20/h4,6,9,14-18H,3,5,7-8,10-12H2,1-2H3/b6-4+,13-9+/t14?,15-,16+,17-,18+/m0/s1. The first-order valence-corrected chi connectivity index (χ1v) is 8.85. The van der Waals surface area contributed by atoms with Crippen LogP contribution in [0.15, 0.2) is 23.8 Å². The van der Waals surface area contributed by atoms with E-state index in [2.05, 4.69) is 32.1 Å². The molecule has 2 saturated heterocycles. The Bertz CT molecular complexity index is 465. The second-order valence-electron chi connectivity index (χ2n) is 6.98. The average Bonchev–Trinajstić information content (AvgIpc) is 3.15. The number of carbonyl (C=O) groups is 1. The Hall–Kier alpha value is -1.09. The van der Waals surface area contributed by atoms with E-state index >= 15 is 0 Å². The van der Waals surface area contributed by atoms with Crippen molar-refractivity contribution in [2.45, 2.75) is 77.1 Å². The van der Waals surface area contributed by atoms with Crippen molar-refractivity contribution in [2.24, 2.45) is 11.8 Å². The summed E-state index contributed by atoms with van der Waals surface area (Å²) in [5, 5.41) is 0. The predicted octanol–water partition coefficient (Wildman–Crippen LogP) is 4.18. The normalized spacial score (nSPS) is 43.1. The molecule has 3 nitrogen and oxygen atoms in total. The first-order valence-electron chi connectivity index (χ1n) is 8.85. The largest absolute Gasteiger partial charge is 0.461 e. The molecule has 1 aliphatic carbocycles. The lowest BCUT2D eigenvalue weighted by atomic mass is 9.82. The number of epoxide rings is 1. The molecule has 3 rings (SSSR count). The van der Waals surface area contributed by atoms with Crippen molar-refractivity contribution in [3.8, 4) is 0 Å². The zero-order valence-corrected chi connectivity index (χ0v) is 13.8. The van der Waals surface area contributed by atoms with Gasteiger partial charge in [-0.2, -0.15) is 0 Å². The van der Waals surface area contributed by atoms with Gasteiger partial charge in [0, 0.05) is 12.3 Å². The molecule has 0 saturated carbocycles. The molecule has 3 aliphatic rings. The van der Waals surface area contributed by atoms with Gasteiger partial charge in [-0.15, -0.1) is 0 Å². The van der Waals surface area contributed by atoms with Crippen molar-refractivity contribution in [2.75, 3.05) is 0 Å². The van der Waals surface area contributed by atoms with Gasteiger partial charge in [-0.05, 0) is 45.4 Å². The monoisotopic (exact) mass is 304 g/mol. The molecule has 3 heteroatoms. The molecule has 2 aliphatic heterocycles. The van der Waals surface area contributed by atoms with Gasteiger partial charge in [0.2, 0.25) is 0 Å². The summed E-state index contributed by atoms with van der Waals surface area (Å²) in [7, 11) is 0. The summed E-state index contributed by atoms with van der Waals surface area (Å²) < 4.78 is 11.6. The van der Waals surface area contributed by atoms with Crippen molar-refractivity contribution in [3.05, 3.63) is 23.8 Å². The fourth-order valence-corrected chi connectivity index (χ4v) is 3.97. The number of esters is 1. The molecule has 0 aromatic rings. The molecule has 0 spiro atoms. The first-order chi connectivity index (χ1) is 10.7. The molecule has 5 atom stereocenters. The highest BCUT2D eigenvalue weighted by Crippen LogP contribution is 2.42. The summed E-state index contributed by atoms with van der Waals surface area (Å²) in [6.07, 6.45) is 14.8. The molecule has 22 heavy (non-hydrogen) atoms. The number of rotatable bonds is 1. The smallest absolute Gasteiger partial charge is 0.309 e. The van der Waals surface area contributed by atoms with Crippen molar-refractivity contribution in [1.29, 1.82) is 0 Å². The number of ether oxygens (including phenoxy) is 2. The van der Waals surface area contributed by atoms with E-state index in [0.717, 1.165) is 44.9 Å². The number of allylic oxidation sites excluding steroid dienone is 3. The van der Waals surface area contributed by atoms with E-state index in [4.69, 9.17) is 9.47 Å². The molecule has 1 unspecified atom stereocenters. The van der Waals surface area contributed by atoms with Crippen LogP contribution in [0.4, 0.5) is 0 Å².